The molecule has 39 heavy (non-hydrogen) atoms. The number of allylic oxidation sites excluding steroid dienone is 2. The molecule has 0 unspecified atom stereocenters. The van der Waals surface area contributed by atoms with Gasteiger partial charge in [-0.3, -0.25) is 0 Å². The highest BCUT2D eigenvalue weighted by molar-refractivity contribution is 8.16. The monoisotopic (exact) mass is 628 g/mol. The fourth-order valence-electron chi connectivity index (χ4n) is 3.96. The van der Waals surface area contributed by atoms with Crippen LogP contribution in [0.3, 0.4) is 0 Å². The molecule has 2 aliphatic rings. The first-order valence-corrected chi connectivity index (χ1v) is 10.1. The van der Waals surface area contributed by atoms with Gasteiger partial charge in [0, 0.05) is 0 Å². The number of fused-ring (bicyclic) bond motifs is 2. The molecule has 2 aromatic carbocycles. The lowest BCUT2D eigenvalue weighted by Gasteiger charge is -2.44. The van der Waals surface area contributed by atoms with Gasteiger partial charge in [0.2, 0.25) is 0 Å². The molecular weight excluding hydrogens is 628 g/mol. The molecule has 4 rings (SSSR count). The summed E-state index contributed by atoms with van der Waals surface area (Å²) >= 11 is -6.17. The molecule has 2 aliphatic carbocycles. The predicted molar refractivity (Wildman–Crippen MR) is 87.2 cm³/mol. The van der Waals surface area contributed by atoms with Crippen molar-refractivity contribution in [2.45, 2.75) is 23.7 Å². The Labute approximate surface area is 202 Å². The quantitative estimate of drug-likeness (QED) is 0.118. The zero-order chi connectivity index (χ0) is 30.6. The highest BCUT2D eigenvalue weighted by Gasteiger charge is 2.74. The van der Waals surface area contributed by atoms with Crippen molar-refractivity contribution < 1.29 is 85.8 Å². The Morgan fingerprint density at radius 3 is 0.564 bits per heavy atom. The maximum atomic E-state index is 14.9. The van der Waals surface area contributed by atoms with E-state index < -0.39 is 115 Å². The number of alkyl halides is 8. The number of benzene rings is 2. The Hall–Kier alpha value is -2.87. The molecule has 0 bridgehead atoms. The third kappa shape index (κ3) is 4.09. The van der Waals surface area contributed by atoms with Crippen LogP contribution < -0.4 is 0 Å². The van der Waals surface area contributed by atoms with Gasteiger partial charge in [0.15, 0.2) is 46.5 Å². The Morgan fingerprint density at radius 1 is 0.308 bits per heavy atom. The normalized spacial score (nSPS) is 20.4. The summed E-state index contributed by atoms with van der Waals surface area (Å²) in [5.74, 6) is -51.6. The number of halogens is 20. The zero-order valence-electron chi connectivity index (χ0n) is 17.0. The lowest BCUT2D eigenvalue weighted by Crippen LogP contribution is -2.50. The van der Waals surface area contributed by atoms with E-state index in [1.807, 2.05) is 0 Å². The Bertz CT molecular complexity index is 1230. The molecular formula is C18F20S. The predicted octanol–water partition coefficient (Wildman–Crippen LogP) is 9.52. The SMILES string of the molecule is FS(F)(F)F.Fc1c(F)c(F)c2c(c1F)C(F)(F)C1=C(C2(F)F)C(F)(F)c2c(F)c(F)c(F)c(F)c2C1(F)F. The molecule has 0 spiro atoms. The van der Waals surface area contributed by atoms with Crippen LogP contribution in [0.15, 0.2) is 11.1 Å². The van der Waals surface area contributed by atoms with E-state index >= 15 is 0 Å². The molecule has 21 heteroatoms. The maximum absolute atomic E-state index is 14.9. The highest BCUT2D eigenvalue weighted by Crippen LogP contribution is 2.68. The van der Waals surface area contributed by atoms with E-state index in [2.05, 4.69) is 0 Å². The van der Waals surface area contributed by atoms with E-state index in [1.165, 1.54) is 0 Å². The molecule has 0 amide bonds. The minimum absolute atomic E-state index is 3.23. The minimum Gasteiger partial charge on any atom is -0.203 e. The van der Waals surface area contributed by atoms with E-state index in [4.69, 9.17) is 0 Å². The van der Waals surface area contributed by atoms with Crippen LogP contribution in [0.5, 0.6) is 0 Å². The summed E-state index contributed by atoms with van der Waals surface area (Å²) in [6.45, 7) is 0. The van der Waals surface area contributed by atoms with Crippen molar-refractivity contribution in [1.82, 2.24) is 0 Å². The van der Waals surface area contributed by atoms with Crippen molar-refractivity contribution in [2.75, 3.05) is 0 Å². The van der Waals surface area contributed by atoms with Crippen molar-refractivity contribution >= 4 is 11.6 Å². The summed E-state index contributed by atoms with van der Waals surface area (Å²) in [4.78, 5) is 0. The average Bonchev–Trinajstić information content (AvgIpc) is 2.75. The first-order chi connectivity index (χ1) is 17.3. The van der Waals surface area contributed by atoms with Crippen molar-refractivity contribution in [3.63, 3.8) is 0 Å². The van der Waals surface area contributed by atoms with Crippen molar-refractivity contribution in [2.24, 2.45) is 0 Å². The number of hydrogen-bond donors (Lipinski definition) is 0. The summed E-state index contributed by atoms with van der Waals surface area (Å²) in [5, 5.41) is 0. The van der Waals surface area contributed by atoms with Crippen LogP contribution in [0.4, 0.5) is 85.8 Å². The molecule has 0 fully saturated rings. The van der Waals surface area contributed by atoms with Gasteiger partial charge in [-0.1, -0.05) is 15.5 Å². The van der Waals surface area contributed by atoms with E-state index in [-0.39, 0.29) is 0 Å². The maximum Gasteiger partial charge on any atom is 0.379 e. The van der Waals surface area contributed by atoms with E-state index in [0.717, 1.165) is 0 Å². The zero-order valence-corrected chi connectivity index (χ0v) is 17.8. The summed E-state index contributed by atoms with van der Waals surface area (Å²) < 4.78 is 268. The summed E-state index contributed by atoms with van der Waals surface area (Å²) in [6.07, 6.45) is 0. The van der Waals surface area contributed by atoms with Crippen LogP contribution in [-0.4, -0.2) is 0 Å². The van der Waals surface area contributed by atoms with E-state index in [1.54, 1.807) is 0 Å². The Kier molecular flexibility index (Phi) is 6.73. The molecule has 2 aromatic rings. The molecule has 0 aromatic heterocycles. The second-order valence-corrected chi connectivity index (χ2v) is 8.11. The van der Waals surface area contributed by atoms with Crippen LogP contribution >= 0.6 is 11.6 Å². The minimum atomic E-state index is -6.27. The molecule has 0 aliphatic heterocycles. The third-order valence-corrected chi connectivity index (χ3v) is 5.30. The number of rotatable bonds is 0. The lowest BCUT2D eigenvalue weighted by molar-refractivity contribution is -0.124. The van der Waals surface area contributed by atoms with Crippen molar-refractivity contribution in [3.05, 3.63) is 79.9 Å². The smallest absolute Gasteiger partial charge is 0.203 e. The second-order valence-electron chi connectivity index (χ2n) is 7.41. The molecule has 0 radical (unpaired) electrons. The third-order valence-electron chi connectivity index (χ3n) is 5.30. The van der Waals surface area contributed by atoms with Crippen LogP contribution in [-0.2, 0) is 23.7 Å². The van der Waals surface area contributed by atoms with Crippen molar-refractivity contribution in [3.8, 4) is 0 Å². The summed E-state index contributed by atoms with van der Waals surface area (Å²) in [7, 11) is 0. The van der Waals surface area contributed by atoms with Gasteiger partial charge in [-0.15, -0.1) is 0 Å². The van der Waals surface area contributed by atoms with Gasteiger partial charge in [0.1, 0.15) is 0 Å². The Morgan fingerprint density at radius 2 is 0.436 bits per heavy atom. The fourth-order valence-corrected chi connectivity index (χ4v) is 3.96. The molecule has 0 N–H and O–H groups in total. The average molecular weight is 628 g/mol. The first kappa shape index (κ1) is 30.7. The van der Waals surface area contributed by atoms with Gasteiger partial charge in [-0.25, -0.2) is 35.1 Å². The summed E-state index contributed by atoms with van der Waals surface area (Å²) in [5.41, 5.74) is -21.2. The van der Waals surface area contributed by atoms with Gasteiger partial charge in [-0.05, 0) is 0 Å². The van der Waals surface area contributed by atoms with Gasteiger partial charge < -0.3 is 0 Å². The van der Waals surface area contributed by atoms with E-state index in [9.17, 15) is 85.8 Å². The van der Waals surface area contributed by atoms with Gasteiger partial charge >= 0.3 is 35.3 Å². The standard InChI is InChI=1S/C18F16.F4S/c19-5-1-2(6(20)10(24)9(5)23)16(29,30)14-13(15(1,27)28)17(31,32)3-4(18(14,33)34)8(22)12(26)11(25)7(3)21;1-5(2,3)4. The van der Waals surface area contributed by atoms with Crippen LogP contribution in [0.25, 0.3) is 0 Å². The largest absolute Gasteiger partial charge is 0.379 e. The number of hydrogen-bond acceptors (Lipinski definition) is 0. The molecule has 0 saturated carbocycles. The molecule has 0 nitrogen and oxygen atoms in total. The van der Waals surface area contributed by atoms with Crippen LogP contribution in [0, 0.1) is 46.5 Å². The van der Waals surface area contributed by atoms with Gasteiger partial charge in [-0.2, -0.15) is 35.1 Å². The van der Waals surface area contributed by atoms with Gasteiger partial charge in [0.05, 0.1) is 33.4 Å². The lowest BCUT2D eigenvalue weighted by atomic mass is 9.68. The first-order valence-electron chi connectivity index (χ1n) is 8.89. The highest BCUT2D eigenvalue weighted by atomic mass is 32.4. The Balaban J connectivity index is 0.000000771. The van der Waals surface area contributed by atoms with Crippen LogP contribution in [0.1, 0.15) is 22.3 Å². The van der Waals surface area contributed by atoms with E-state index in [0.29, 0.717) is 0 Å². The topological polar surface area (TPSA) is 0 Å². The molecule has 0 heterocycles. The summed E-state index contributed by atoms with van der Waals surface area (Å²) in [6, 6.07) is 0. The fraction of sp³-hybridized carbons (Fsp3) is 0.222. The molecule has 0 atom stereocenters. The van der Waals surface area contributed by atoms with Gasteiger partial charge in [0.25, 0.3) is 0 Å². The second kappa shape index (κ2) is 8.56. The van der Waals surface area contributed by atoms with Crippen molar-refractivity contribution in [1.29, 1.82) is 0 Å². The molecule has 218 valence electrons. The molecule has 0 saturated heterocycles. The van der Waals surface area contributed by atoms with Crippen LogP contribution in [0.2, 0.25) is 0 Å².